The highest BCUT2D eigenvalue weighted by atomic mass is 35.5. The fraction of sp³-hybridized carbons (Fsp3) is 0.381. The first-order valence-corrected chi connectivity index (χ1v) is 9.68. The van der Waals surface area contributed by atoms with Crippen LogP contribution in [-0.4, -0.2) is 43.2 Å². The lowest BCUT2D eigenvalue weighted by Gasteiger charge is -2.32. The summed E-state index contributed by atoms with van der Waals surface area (Å²) in [6, 6.07) is 14.4. The number of carbonyl (C=O) groups is 1. The fourth-order valence-corrected chi connectivity index (χ4v) is 3.25. The number of hydrogen-bond acceptors (Lipinski definition) is 4. The molecule has 1 aliphatic rings. The second-order valence-electron chi connectivity index (χ2n) is 6.59. The molecule has 144 valence electrons. The molecule has 0 aliphatic carbocycles. The Labute approximate surface area is 165 Å². The summed E-state index contributed by atoms with van der Waals surface area (Å²) in [5, 5.41) is 0.620. The maximum Gasteiger partial charge on any atom is 0.253 e. The van der Waals surface area contributed by atoms with Crippen LogP contribution >= 0.6 is 11.6 Å². The van der Waals surface area contributed by atoms with E-state index in [0.717, 1.165) is 19.3 Å². The molecule has 0 spiro atoms. The van der Waals surface area contributed by atoms with Crippen molar-refractivity contribution in [2.75, 3.05) is 26.2 Å². The van der Waals surface area contributed by atoms with Gasteiger partial charge in [0.25, 0.3) is 5.91 Å². The maximum absolute atomic E-state index is 12.7. The van der Waals surface area contributed by atoms with E-state index in [2.05, 4.69) is 0 Å². The first-order valence-electron chi connectivity index (χ1n) is 9.30. The summed E-state index contributed by atoms with van der Waals surface area (Å²) in [5.41, 5.74) is 6.15. The molecule has 6 heteroatoms. The number of likely N-dealkylation sites (tertiary alicyclic amines) is 1. The Balaban J connectivity index is 1.52. The van der Waals surface area contributed by atoms with Gasteiger partial charge in [0.2, 0.25) is 0 Å². The molecule has 1 aliphatic heterocycles. The van der Waals surface area contributed by atoms with Gasteiger partial charge in [-0.05, 0) is 68.3 Å². The molecule has 27 heavy (non-hydrogen) atoms. The second kappa shape index (κ2) is 9.74. The SMILES string of the molecule is NCCCOC1CCN(C(=O)c2ccc(Oc3cccc(Cl)c3)cc2)CC1. The molecule has 2 aromatic carbocycles. The van der Waals surface area contributed by atoms with Gasteiger partial charge in [-0.3, -0.25) is 4.79 Å². The molecule has 1 amide bonds. The largest absolute Gasteiger partial charge is 0.457 e. The fourth-order valence-electron chi connectivity index (χ4n) is 3.07. The number of rotatable bonds is 7. The van der Waals surface area contributed by atoms with Gasteiger partial charge in [-0.25, -0.2) is 0 Å². The van der Waals surface area contributed by atoms with Crippen molar-refractivity contribution in [1.82, 2.24) is 4.90 Å². The smallest absolute Gasteiger partial charge is 0.253 e. The van der Waals surface area contributed by atoms with E-state index in [1.807, 2.05) is 17.0 Å². The Morgan fingerprint density at radius 1 is 1.11 bits per heavy atom. The van der Waals surface area contributed by atoms with Gasteiger partial charge >= 0.3 is 0 Å². The van der Waals surface area contributed by atoms with E-state index < -0.39 is 0 Å². The number of carbonyl (C=O) groups excluding carboxylic acids is 1. The van der Waals surface area contributed by atoms with Crippen molar-refractivity contribution >= 4 is 17.5 Å². The summed E-state index contributed by atoms with van der Waals surface area (Å²) >= 11 is 5.96. The monoisotopic (exact) mass is 388 g/mol. The Hall–Kier alpha value is -2.08. The van der Waals surface area contributed by atoms with E-state index >= 15 is 0 Å². The van der Waals surface area contributed by atoms with Crippen molar-refractivity contribution < 1.29 is 14.3 Å². The maximum atomic E-state index is 12.7. The lowest BCUT2D eigenvalue weighted by atomic mass is 10.1. The van der Waals surface area contributed by atoms with Gasteiger partial charge in [0.1, 0.15) is 11.5 Å². The lowest BCUT2D eigenvalue weighted by Crippen LogP contribution is -2.41. The Morgan fingerprint density at radius 2 is 1.85 bits per heavy atom. The zero-order valence-electron chi connectivity index (χ0n) is 15.3. The van der Waals surface area contributed by atoms with Crippen molar-refractivity contribution in [2.24, 2.45) is 5.73 Å². The molecule has 5 nitrogen and oxygen atoms in total. The number of halogens is 1. The zero-order valence-corrected chi connectivity index (χ0v) is 16.0. The molecule has 1 saturated heterocycles. The van der Waals surface area contributed by atoms with Crippen LogP contribution in [0, 0.1) is 0 Å². The van der Waals surface area contributed by atoms with Crippen LogP contribution in [0.3, 0.4) is 0 Å². The van der Waals surface area contributed by atoms with Crippen molar-refractivity contribution in [2.45, 2.75) is 25.4 Å². The minimum Gasteiger partial charge on any atom is -0.457 e. The number of nitrogens with zero attached hydrogens (tertiary/aromatic N) is 1. The minimum atomic E-state index is 0.0460. The number of ether oxygens (including phenoxy) is 2. The molecule has 1 heterocycles. The number of piperidine rings is 1. The third-order valence-corrected chi connectivity index (χ3v) is 4.80. The van der Waals surface area contributed by atoms with Gasteiger partial charge in [-0.2, -0.15) is 0 Å². The summed E-state index contributed by atoms with van der Waals surface area (Å²) in [7, 11) is 0. The van der Waals surface area contributed by atoms with Crippen LogP contribution in [0.5, 0.6) is 11.5 Å². The highest BCUT2D eigenvalue weighted by Gasteiger charge is 2.24. The summed E-state index contributed by atoms with van der Waals surface area (Å²) in [6.07, 6.45) is 2.84. The topological polar surface area (TPSA) is 64.8 Å². The van der Waals surface area contributed by atoms with Gasteiger partial charge < -0.3 is 20.1 Å². The standard InChI is InChI=1S/C21H25ClN2O3/c22-17-3-1-4-20(15-17)27-19-7-5-16(6-8-19)21(25)24-12-9-18(10-13-24)26-14-2-11-23/h1,3-8,15,18H,2,9-14,23H2. The Kier molecular flexibility index (Phi) is 7.10. The zero-order chi connectivity index (χ0) is 19.1. The van der Waals surface area contributed by atoms with Crippen molar-refractivity contribution in [3.05, 3.63) is 59.1 Å². The van der Waals surface area contributed by atoms with Crippen molar-refractivity contribution in [3.8, 4) is 11.5 Å². The molecule has 0 atom stereocenters. The third kappa shape index (κ3) is 5.70. The highest BCUT2D eigenvalue weighted by Crippen LogP contribution is 2.25. The van der Waals surface area contributed by atoms with Crippen LogP contribution in [0.25, 0.3) is 0 Å². The van der Waals surface area contributed by atoms with E-state index in [0.29, 0.717) is 48.3 Å². The average molecular weight is 389 g/mol. The predicted octanol–water partition coefficient (Wildman–Crippen LogP) is 4.10. The van der Waals surface area contributed by atoms with Gasteiger partial charge in [0.05, 0.1) is 6.10 Å². The molecule has 0 saturated carbocycles. The lowest BCUT2D eigenvalue weighted by molar-refractivity contribution is 0.00845. The normalized spacial score (nSPS) is 15.0. The molecule has 0 unspecified atom stereocenters. The van der Waals surface area contributed by atoms with Crippen molar-refractivity contribution in [3.63, 3.8) is 0 Å². The van der Waals surface area contributed by atoms with E-state index in [1.165, 1.54) is 0 Å². The number of hydrogen-bond donors (Lipinski definition) is 1. The first-order chi connectivity index (χ1) is 13.2. The summed E-state index contributed by atoms with van der Waals surface area (Å²) in [5.74, 6) is 1.38. The molecular formula is C21H25ClN2O3. The van der Waals surface area contributed by atoms with E-state index in [-0.39, 0.29) is 12.0 Å². The Morgan fingerprint density at radius 3 is 2.52 bits per heavy atom. The summed E-state index contributed by atoms with van der Waals surface area (Å²) in [4.78, 5) is 14.6. The molecule has 2 aromatic rings. The number of amides is 1. The average Bonchev–Trinajstić information content (AvgIpc) is 2.69. The molecule has 1 fully saturated rings. The predicted molar refractivity (Wildman–Crippen MR) is 107 cm³/mol. The summed E-state index contributed by atoms with van der Waals surface area (Å²) in [6.45, 7) is 2.78. The Bertz CT molecular complexity index is 743. The molecule has 3 rings (SSSR count). The molecule has 0 aromatic heterocycles. The highest BCUT2D eigenvalue weighted by molar-refractivity contribution is 6.30. The molecule has 0 bridgehead atoms. The molecule has 2 N–H and O–H groups in total. The van der Waals surface area contributed by atoms with Gasteiger partial charge in [-0.1, -0.05) is 17.7 Å². The minimum absolute atomic E-state index is 0.0460. The number of benzene rings is 2. The van der Waals surface area contributed by atoms with E-state index in [1.54, 1.807) is 36.4 Å². The van der Waals surface area contributed by atoms with Crippen LogP contribution in [-0.2, 0) is 4.74 Å². The van der Waals surface area contributed by atoms with Gasteiger partial charge in [-0.15, -0.1) is 0 Å². The summed E-state index contributed by atoms with van der Waals surface area (Å²) < 4.78 is 11.6. The number of nitrogens with two attached hydrogens (primary N) is 1. The first kappa shape index (κ1) is 19.7. The molecular weight excluding hydrogens is 364 g/mol. The third-order valence-electron chi connectivity index (χ3n) is 4.56. The van der Waals surface area contributed by atoms with Crippen molar-refractivity contribution in [1.29, 1.82) is 0 Å². The molecule has 0 radical (unpaired) electrons. The second-order valence-corrected chi connectivity index (χ2v) is 7.02. The van der Waals surface area contributed by atoms with Gasteiger partial charge in [0.15, 0.2) is 0 Å². The van der Waals surface area contributed by atoms with E-state index in [9.17, 15) is 4.79 Å². The van der Waals surface area contributed by atoms with Gasteiger partial charge in [0, 0.05) is 30.3 Å². The van der Waals surface area contributed by atoms with Crippen LogP contribution in [0.4, 0.5) is 0 Å². The van der Waals surface area contributed by atoms with Crippen LogP contribution in [0.1, 0.15) is 29.6 Å². The van der Waals surface area contributed by atoms with Crippen LogP contribution in [0.15, 0.2) is 48.5 Å². The van der Waals surface area contributed by atoms with Crippen LogP contribution < -0.4 is 10.5 Å². The quantitative estimate of drug-likeness (QED) is 0.725. The van der Waals surface area contributed by atoms with Crippen LogP contribution in [0.2, 0.25) is 5.02 Å². The van der Waals surface area contributed by atoms with E-state index in [4.69, 9.17) is 26.8 Å².